The van der Waals surface area contributed by atoms with Crippen molar-refractivity contribution < 1.29 is 14.4 Å². The number of carbonyl (C=O) groups is 3. The SMILES string of the molecule is CC[C@@H](C(=O)N1CCN(c2ccc(NC(=O)C3CC3)cc2C(=O)N(C)Cc2ccccc2)CC1)c1ccccc1. The Bertz CT molecular complexity index is 1330. The van der Waals surface area contributed by atoms with E-state index >= 15 is 0 Å². The lowest BCUT2D eigenvalue weighted by molar-refractivity contribution is -0.133. The Morgan fingerprint density at radius 2 is 1.55 bits per heavy atom. The summed E-state index contributed by atoms with van der Waals surface area (Å²) in [5, 5.41) is 2.99. The second kappa shape index (κ2) is 12.4. The van der Waals surface area contributed by atoms with Crippen LogP contribution in [0, 0.1) is 5.92 Å². The molecule has 5 rings (SSSR count). The van der Waals surface area contributed by atoms with Crippen molar-refractivity contribution in [3.63, 3.8) is 0 Å². The van der Waals surface area contributed by atoms with Gasteiger partial charge in [-0.2, -0.15) is 0 Å². The molecule has 3 aromatic carbocycles. The van der Waals surface area contributed by atoms with Crippen molar-refractivity contribution >= 4 is 29.1 Å². The Morgan fingerprint density at radius 3 is 2.17 bits per heavy atom. The molecule has 1 atom stereocenters. The minimum absolute atomic E-state index is 0.0137. The first kappa shape index (κ1) is 27.4. The van der Waals surface area contributed by atoms with E-state index in [0.717, 1.165) is 36.1 Å². The normalized spacial score (nSPS) is 15.8. The number of nitrogens with one attached hydrogen (secondary N) is 1. The lowest BCUT2D eigenvalue weighted by atomic mass is 9.94. The van der Waals surface area contributed by atoms with E-state index in [1.807, 2.05) is 77.7 Å². The van der Waals surface area contributed by atoms with E-state index in [1.54, 1.807) is 18.0 Å². The van der Waals surface area contributed by atoms with Gasteiger partial charge in [-0.1, -0.05) is 67.6 Å². The highest BCUT2D eigenvalue weighted by Gasteiger charge is 2.31. The van der Waals surface area contributed by atoms with Gasteiger partial charge in [-0.05, 0) is 48.6 Å². The van der Waals surface area contributed by atoms with Gasteiger partial charge in [-0.15, -0.1) is 0 Å². The zero-order valence-electron chi connectivity index (χ0n) is 23.4. The number of anilines is 2. The van der Waals surface area contributed by atoms with Crippen LogP contribution in [0.5, 0.6) is 0 Å². The summed E-state index contributed by atoms with van der Waals surface area (Å²) in [6.07, 6.45) is 2.59. The van der Waals surface area contributed by atoms with Crippen LogP contribution >= 0.6 is 0 Å². The lowest BCUT2D eigenvalue weighted by Gasteiger charge is -2.38. The Hall–Kier alpha value is -4.13. The van der Waals surface area contributed by atoms with Gasteiger partial charge in [0.15, 0.2) is 0 Å². The van der Waals surface area contributed by atoms with Gasteiger partial charge in [-0.25, -0.2) is 0 Å². The van der Waals surface area contributed by atoms with Gasteiger partial charge >= 0.3 is 0 Å². The molecule has 1 aliphatic carbocycles. The molecule has 0 bridgehead atoms. The van der Waals surface area contributed by atoms with Gasteiger partial charge in [0.1, 0.15) is 0 Å². The fraction of sp³-hybridized carbons (Fsp3) is 0.364. The van der Waals surface area contributed by atoms with Gasteiger partial charge in [-0.3, -0.25) is 14.4 Å². The van der Waals surface area contributed by atoms with Crippen molar-refractivity contribution in [3.05, 3.63) is 95.6 Å². The van der Waals surface area contributed by atoms with Crippen LogP contribution in [0.15, 0.2) is 78.9 Å². The summed E-state index contributed by atoms with van der Waals surface area (Å²) in [6, 6.07) is 25.5. The number of rotatable bonds is 9. The molecule has 1 saturated carbocycles. The van der Waals surface area contributed by atoms with Crippen LogP contribution in [0.2, 0.25) is 0 Å². The van der Waals surface area contributed by atoms with Crippen LogP contribution in [-0.2, 0) is 16.1 Å². The molecule has 3 aromatic rings. The number of hydrogen-bond donors (Lipinski definition) is 1. The minimum Gasteiger partial charge on any atom is -0.367 e. The second-order valence-corrected chi connectivity index (χ2v) is 10.8. The zero-order valence-corrected chi connectivity index (χ0v) is 23.4. The van der Waals surface area contributed by atoms with Crippen LogP contribution in [0.1, 0.15) is 53.6 Å². The fourth-order valence-electron chi connectivity index (χ4n) is 5.41. The van der Waals surface area contributed by atoms with Gasteiger partial charge in [0.25, 0.3) is 5.91 Å². The number of nitrogens with zero attached hydrogens (tertiary/aromatic N) is 3. The molecule has 1 saturated heterocycles. The molecule has 2 fully saturated rings. The molecule has 0 radical (unpaired) electrons. The van der Waals surface area contributed by atoms with Gasteiger partial charge < -0.3 is 20.0 Å². The predicted octanol–water partition coefficient (Wildman–Crippen LogP) is 5.15. The van der Waals surface area contributed by atoms with E-state index in [0.29, 0.717) is 44.0 Å². The molecule has 1 aliphatic heterocycles. The summed E-state index contributed by atoms with van der Waals surface area (Å²) in [7, 11) is 1.81. The average Bonchev–Trinajstić information content (AvgIpc) is 3.84. The Kier molecular flexibility index (Phi) is 8.48. The molecule has 0 spiro atoms. The van der Waals surface area contributed by atoms with Crippen molar-refractivity contribution in [2.75, 3.05) is 43.4 Å². The van der Waals surface area contributed by atoms with E-state index in [1.165, 1.54) is 0 Å². The number of carbonyl (C=O) groups excluding carboxylic acids is 3. The number of benzene rings is 3. The minimum atomic E-state index is -0.147. The smallest absolute Gasteiger partial charge is 0.256 e. The van der Waals surface area contributed by atoms with Gasteiger partial charge in [0.05, 0.1) is 11.5 Å². The first-order valence-corrected chi connectivity index (χ1v) is 14.3. The van der Waals surface area contributed by atoms with E-state index in [2.05, 4.69) is 17.1 Å². The van der Waals surface area contributed by atoms with Crippen LogP contribution in [0.25, 0.3) is 0 Å². The molecule has 7 nitrogen and oxygen atoms in total. The summed E-state index contributed by atoms with van der Waals surface area (Å²) < 4.78 is 0. The third-order valence-corrected chi connectivity index (χ3v) is 7.89. The van der Waals surface area contributed by atoms with Crippen molar-refractivity contribution in [1.82, 2.24) is 9.80 Å². The number of amides is 3. The number of piperazine rings is 1. The standard InChI is InChI=1S/C33H38N4O3/c1-3-28(25-12-8-5-9-13-25)33(40)37-20-18-36(19-21-37)30-17-16-27(34-31(38)26-14-15-26)22-29(30)32(39)35(2)23-24-10-6-4-7-11-24/h4-13,16-17,22,26,28H,3,14-15,18-21,23H2,1-2H3,(H,34,38)/t28-/m1/s1. The summed E-state index contributed by atoms with van der Waals surface area (Å²) in [5.41, 5.74) is 4.13. The number of hydrogen-bond acceptors (Lipinski definition) is 4. The molecule has 7 heteroatoms. The van der Waals surface area contributed by atoms with E-state index in [-0.39, 0.29) is 29.6 Å². The van der Waals surface area contributed by atoms with Crippen LogP contribution in [-0.4, -0.2) is 60.7 Å². The highest BCUT2D eigenvalue weighted by molar-refractivity contribution is 6.02. The maximum atomic E-state index is 13.8. The van der Waals surface area contributed by atoms with Crippen molar-refractivity contribution in [2.24, 2.45) is 5.92 Å². The maximum absolute atomic E-state index is 13.8. The van der Waals surface area contributed by atoms with Crippen molar-refractivity contribution in [3.8, 4) is 0 Å². The highest BCUT2D eigenvalue weighted by atomic mass is 16.2. The molecule has 1 N–H and O–H groups in total. The Morgan fingerprint density at radius 1 is 0.900 bits per heavy atom. The average molecular weight is 539 g/mol. The summed E-state index contributed by atoms with van der Waals surface area (Å²) >= 11 is 0. The van der Waals surface area contributed by atoms with Crippen LogP contribution < -0.4 is 10.2 Å². The Labute approximate surface area is 236 Å². The molecule has 0 unspecified atom stereocenters. The monoisotopic (exact) mass is 538 g/mol. The summed E-state index contributed by atoms with van der Waals surface area (Å²) in [6.45, 7) is 4.99. The molecule has 2 aliphatic rings. The second-order valence-electron chi connectivity index (χ2n) is 10.8. The molecule has 3 amide bonds. The van der Waals surface area contributed by atoms with Gasteiger partial charge in [0, 0.05) is 57.1 Å². The van der Waals surface area contributed by atoms with Crippen molar-refractivity contribution in [1.29, 1.82) is 0 Å². The maximum Gasteiger partial charge on any atom is 0.256 e. The molecular weight excluding hydrogens is 500 g/mol. The topological polar surface area (TPSA) is 73.0 Å². The highest BCUT2D eigenvalue weighted by Crippen LogP contribution is 2.32. The molecular formula is C33H38N4O3. The Balaban J connectivity index is 1.33. The third kappa shape index (κ3) is 6.36. The third-order valence-electron chi connectivity index (χ3n) is 7.89. The van der Waals surface area contributed by atoms with E-state index < -0.39 is 0 Å². The largest absolute Gasteiger partial charge is 0.367 e. The van der Waals surface area contributed by atoms with Gasteiger partial charge in [0.2, 0.25) is 11.8 Å². The zero-order chi connectivity index (χ0) is 28.1. The molecule has 208 valence electrons. The quantitative estimate of drug-likeness (QED) is 0.409. The summed E-state index contributed by atoms with van der Waals surface area (Å²) in [5.74, 6) is -0.000822. The van der Waals surface area contributed by atoms with Crippen molar-refractivity contribution in [2.45, 2.75) is 38.6 Å². The van der Waals surface area contributed by atoms with Crippen LogP contribution in [0.3, 0.4) is 0 Å². The van der Waals surface area contributed by atoms with Crippen LogP contribution in [0.4, 0.5) is 11.4 Å². The molecule has 0 aromatic heterocycles. The first-order chi connectivity index (χ1) is 19.4. The fourth-order valence-corrected chi connectivity index (χ4v) is 5.41. The van der Waals surface area contributed by atoms with E-state index in [4.69, 9.17) is 0 Å². The molecule has 1 heterocycles. The lowest BCUT2D eigenvalue weighted by Crippen LogP contribution is -2.50. The molecule has 40 heavy (non-hydrogen) atoms. The predicted molar refractivity (Wildman–Crippen MR) is 158 cm³/mol. The first-order valence-electron chi connectivity index (χ1n) is 14.3. The summed E-state index contributed by atoms with van der Waals surface area (Å²) in [4.78, 5) is 45.5. The van der Waals surface area contributed by atoms with E-state index in [9.17, 15) is 14.4 Å².